The summed E-state index contributed by atoms with van der Waals surface area (Å²) in [5.41, 5.74) is -0.180. The predicted molar refractivity (Wildman–Crippen MR) is 126 cm³/mol. The number of rotatable bonds is 7. The highest BCUT2D eigenvalue weighted by Gasteiger charge is 2.67. The third-order valence-corrected chi connectivity index (χ3v) is 8.48. The maximum absolute atomic E-state index is 13.5. The van der Waals surface area contributed by atoms with E-state index in [1.807, 2.05) is 12.1 Å². The Morgan fingerprint density at radius 3 is 2.75 bits per heavy atom. The first-order chi connectivity index (χ1) is 17.3. The molecule has 0 radical (unpaired) electrons. The van der Waals surface area contributed by atoms with E-state index in [-0.39, 0.29) is 17.7 Å². The SMILES string of the molecule is COc1cccc2[nH]c(C(=O)N[C@@H](CC3CC3)C(=O)N[C@@]3(C#N)C[C@H]4C[C@@H]3[C@H]3C(=O)NC(=O)[C@@H]43)cc12. The standard InChI is InChI=1S/C26H27N5O5/c1-36-19-4-2-3-16-14(19)9-18(28-16)22(32)29-17(7-12-5-6-12)23(33)31-26(11-27)10-13-8-15(26)21-20(13)24(34)30-25(21)35/h2-4,9,12-13,15,17,20-21,28H,5-8,10H2,1H3,(H,29,32)(H,31,33)(H,30,34,35)/t13-,15-,17+,20+,21-,26-/m1/s1. The van der Waals surface area contributed by atoms with Crippen molar-refractivity contribution >= 4 is 34.5 Å². The van der Waals surface area contributed by atoms with Gasteiger partial charge in [0.15, 0.2) is 0 Å². The van der Waals surface area contributed by atoms with Crippen LogP contribution >= 0.6 is 0 Å². The molecule has 2 heterocycles. The van der Waals surface area contributed by atoms with Crippen LogP contribution in [0.3, 0.4) is 0 Å². The first-order valence-electron chi connectivity index (χ1n) is 12.4. The van der Waals surface area contributed by atoms with Crippen LogP contribution in [0.5, 0.6) is 5.75 Å². The normalized spacial score (nSPS) is 31.0. The molecule has 186 valence electrons. The van der Waals surface area contributed by atoms with Crippen LogP contribution in [0.15, 0.2) is 24.3 Å². The zero-order valence-corrected chi connectivity index (χ0v) is 19.8. The Morgan fingerprint density at radius 1 is 1.25 bits per heavy atom. The molecule has 4 fully saturated rings. The Labute approximate surface area is 207 Å². The Morgan fingerprint density at radius 2 is 2.03 bits per heavy atom. The number of hydrogen-bond donors (Lipinski definition) is 4. The lowest BCUT2D eigenvalue weighted by Gasteiger charge is -2.37. The predicted octanol–water partition coefficient (Wildman–Crippen LogP) is 1.38. The second-order valence-electron chi connectivity index (χ2n) is 10.6. The average molecular weight is 490 g/mol. The fourth-order valence-electron chi connectivity index (χ4n) is 6.65. The molecule has 6 rings (SSSR count). The van der Waals surface area contributed by atoms with Crippen molar-refractivity contribution in [2.45, 2.75) is 43.7 Å². The van der Waals surface area contributed by atoms with Crippen molar-refractivity contribution in [2.75, 3.05) is 7.11 Å². The van der Waals surface area contributed by atoms with E-state index in [4.69, 9.17) is 4.74 Å². The number of imide groups is 1. The van der Waals surface area contributed by atoms with E-state index in [2.05, 4.69) is 27.0 Å². The zero-order valence-electron chi connectivity index (χ0n) is 19.8. The third-order valence-electron chi connectivity index (χ3n) is 8.48. The van der Waals surface area contributed by atoms with Gasteiger partial charge in [-0.3, -0.25) is 24.5 Å². The highest BCUT2D eigenvalue weighted by Crippen LogP contribution is 2.58. The first kappa shape index (κ1) is 22.6. The highest BCUT2D eigenvalue weighted by molar-refractivity contribution is 6.06. The Hall–Kier alpha value is -3.87. The third kappa shape index (κ3) is 3.45. The van der Waals surface area contributed by atoms with Gasteiger partial charge in [-0.05, 0) is 49.3 Å². The number of methoxy groups -OCH3 is 1. The first-order valence-corrected chi connectivity index (χ1v) is 12.4. The smallest absolute Gasteiger partial charge is 0.268 e. The fraction of sp³-hybridized carbons (Fsp3) is 0.500. The number of amides is 4. The minimum Gasteiger partial charge on any atom is -0.496 e. The second-order valence-corrected chi connectivity index (χ2v) is 10.6. The van der Waals surface area contributed by atoms with Crippen LogP contribution in [0.2, 0.25) is 0 Å². The summed E-state index contributed by atoms with van der Waals surface area (Å²) in [5, 5.41) is 19.1. The molecule has 2 bridgehead atoms. The molecule has 4 aliphatic rings. The molecule has 1 aromatic heterocycles. The molecule has 6 atom stereocenters. The molecule has 10 heteroatoms. The topological polar surface area (TPSA) is 153 Å². The molecular formula is C26H27N5O5. The lowest BCUT2D eigenvalue weighted by atomic mass is 9.71. The van der Waals surface area contributed by atoms with Gasteiger partial charge in [0.1, 0.15) is 23.0 Å². The van der Waals surface area contributed by atoms with E-state index < -0.39 is 41.1 Å². The number of fused-ring (bicyclic) bond motifs is 6. The van der Waals surface area contributed by atoms with Crippen molar-refractivity contribution in [3.05, 3.63) is 30.0 Å². The maximum Gasteiger partial charge on any atom is 0.268 e. The van der Waals surface area contributed by atoms with E-state index in [1.165, 1.54) is 0 Å². The Bertz CT molecular complexity index is 1340. The maximum atomic E-state index is 13.5. The van der Waals surface area contributed by atoms with E-state index in [0.29, 0.717) is 36.6 Å². The van der Waals surface area contributed by atoms with Crippen LogP contribution in [-0.2, 0) is 14.4 Å². The molecule has 0 unspecified atom stereocenters. The Balaban J connectivity index is 1.22. The number of ether oxygens (including phenoxy) is 1. The van der Waals surface area contributed by atoms with Crippen LogP contribution in [-0.4, -0.2) is 47.3 Å². The molecule has 1 aliphatic heterocycles. The number of nitrogens with zero attached hydrogens (tertiary/aromatic N) is 1. The molecule has 36 heavy (non-hydrogen) atoms. The number of benzene rings is 1. The molecule has 3 aliphatic carbocycles. The second kappa shape index (κ2) is 8.08. The van der Waals surface area contributed by atoms with Gasteiger partial charge in [-0.1, -0.05) is 18.9 Å². The molecular weight excluding hydrogens is 462 g/mol. The summed E-state index contributed by atoms with van der Waals surface area (Å²) in [6.07, 6.45) is 3.33. The number of hydrogen-bond acceptors (Lipinski definition) is 6. The van der Waals surface area contributed by atoms with Crippen molar-refractivity contribution in [1.82, 2.24) is 20.9 Å². The Kier molecular flexibility index (Phi) is 5.07. The number of carbonyl (C=O) groups excluding carboxylic acids is 4. The van der Waals surface area contributed by atoms with Gasteiger partial charge in [-0.15, -0.1) is 0 Å². The number of aromatic nitrogens is 1. The van der Waals surface area contributed by atoms with Crippen LogP contribution < -0.4 is 20.7 Å². The summed E-state index contributed by atoms with van der Waals surface area (Å²) < 4.78 is 5.37. The van der Waals surface area contributed by atoms with Crippen molar-refractivity contribution in [1.29, 1.82) is 5.26 Å². The number of nitrogens with one attached hydrogen (secondary N) is 4. The minimum absolute atomic E-state index is 0.121. The van der Waals surface area contributed by atoms with E-state index >= 15 is 0 Å². The molecule has 4 N–H and O–H groups in total. The van der Waals surface area contributed by atoms with Crippen molar-refractivity contribution in [3.63, 3.8) is 0 Å². The lowest BCUT2D eigenvalue weighted by Crippen LogP contribution is -2.59. The van der Waals surface area contributed by atoms with E-state index in [0.717, 1.165) is 23.7 Å². The quantitative estimate of drug-likeness (QED) is 0.431. The number of aromatic amines is 1. The largest absolute Gasteiger partial charge is 0.496 e. The monoisotopic (exact) mass is 489 g/mol. The summed E-state index contributed by atoms with van der Waals surface area (Å²) >= 11 is 0. The van der Waals surface area contributed by atoms with Gasteiger partial charge < -0.3 is 20.4 Å². The fourth-order valence-corrected chi connectivity index (χ4v) is 6.65. The van der Waals surface area contributed by atoms with Gasteiger partial charge in [-0.25, -0.2) is 0 Å². The molecule has 1 aromatic carbocycles. The number of carbonyl (C=O) groups is 4. The van der Waals surface area contributed by atoms with Crippen molar-refractivity contribution < 1.29 is 23.9 Å². The van der Waals surface area contributed by atoms with Gasteiger partial charge in [0.25, 0.3) is 5.91 Å². The molecule has 10 nitrogen and oxygen atoms in total. The number of nitriles is 1. The molecule has 1 saturated heterocycles. The van der Waals surface area contributed by atoms with Crippen molar-refractivity contribution in [3.8, 4) is 11.8 Å². The van der Waals surface area contributed by atoms with Gasteiger partial charge in [0.05, 0.1) is 25.0 Å². The van der Waals surface area contributed by atoms with E-state index in [9.17, 15) is 24.4 Å². The molecule has 3 saturated carbocycles. The lowest BCUT2D eigenvalue weighted by molar-refractivity contribution is -0.129. The summed E-state index contributed by atoms with van der Waals surface area (Å²) in [5.74, 6) is -2.06. The summed E-state index contributed by atoms with van der Waals surface area (Å²) in [7, 11) is 1.56. The highest BCUT2D eigenvalue weighted by atomic mass is 16.5. The van der Waals surface area contributed by atoms with Crippen LogP contribution in [0.4, 0.5) is 0 Å². The van der Waals surface area contributed by atoms with Gasteiger partial charge in [0, 0.05) is 16.8 Å². The zero-order chi connectivity index (χ0) is 25.2. The van der Waals surface area contributed by atoms with Crippen LogP contribution in [0, 0.1) is 40.9 Å². The van der Waals surface area contributed by atoms with Gasteiger partial charge >= 0.3 is 0 Å². The summed E-state index contributed by atoms with van der Waals surface area (Å²) in [6, 6.07) is 8.61. The summed E-state index contributed by atoms with van der Waals surface area (Å²) in [4.78, 5) is 54.4. The van der Waals surface area contributed by atoms with Crippen LogP contribution in [0.25, 0.3) is 10.9 Å². The van der Waals surface area contributed by atoms with Gasteiger partial charge in [-0.2, -0.15) is 5.26 Å². The van der Waals surface area contributed by atoms with Crippen molar-refractivity contribution in [2.24, 2.45) is 29.6 Å². The molecule has 0 spiro atoms. The molecule has 4 amide bonds. The van der Waals surface area contributed by atoms with E-state index in [1.54, 1.807) is 19.2 Å². The van der Waals surface area contributed by atoms with Crippen LogP contribution in [0.1, 0.15) is 42.6 Å². The summed E-state index contributed by atoms with van der Waals surface area (Å²) in [6.45, 7) is 0. The number of H-pyrrole nitrogens is 1. The average Bonchev–Trinajstić information content (AvgIpc) is 3.19. The van der Waals surface area contributed by atoms with Gasteiger partial charge in [0.2, 0.25) is 17.7 Å². The minimum atomic E-state index is -1.23. The molecule has 2 aromatic rings.